The van der Waals surface area contributed by atoms with Gasteiger partial charge in [-0.15, -0.1) is 0 Å². The Morgan fingerprint density at radius 2 is 2.18 bits per heavy atom. The fourth-order valence-corrected chi connectivity index (χ4v) is 3.47. The quantitative estimate of drug-likeness (QED) is 0.877. The van der Waals surface area contributed by atoms with Crippen molar-refractivity contribution in [2.24, 2.45) is 0 Å². The van der Waals surface area contributed by atoms with Crippen molar-refractivity contribution in [3.63, 3.8) is 0 Å². The number of benzene rings is 1. The van der Waals surface area contributed by atoms with Crippen LogP contribution in [0.15, 0.2) is 22.7 Å². The maximum Gasteiger partial charge on any atom is 0.0281 e. The van der Waals surface area contributed by atoms with Gasteiger partial charge in [0.2, 0.25) is 0 Å². The van der Waals surface area contributed by atoms with Crippen molar-refractivity contribution in [1.29, 1.82) is 0 Å². The minimum atomic E-state index is 0.532. The van der Waals surface area contributed by atoms with Crippen LogP contribution in [0, 0.1) is 6.92 Å². The molecule has 1 aromatic rings. The number of aryl methyl sites for hydroxylation is 1. The molecule has 0 atom stereocenters. The molecular weight excluding hydrogens is 294 g/mol. The first-order valence-corrected chi connectivity index (χ1v) is 8.18. The van der Waals surface area contributed by atoms with Gasteiger partial charge in [-0.25, -0.2) is 0 Å². The summed E-state index contributed by atoms with van der Waals surface area (Å²) in [6, 6.07) is 6.58. The molecule has 1 N–H and O–H groups in total. The molecule has 0 spiro atoms. The number of halogens is 1. The van der Waals surface area contributed by atoms with Gasteiger partial charge in [-0.2, -0.15) is 11.8 Å². The Labute approximate surface area is 117 Å². The summed E-state index contributed by atoms with van der Waals surface area (Å²) in [5.74, 6) is 0. The summed E-state index contributed by atoms with van der Waals surface area (Å²) in [6.45, 7) is 4.27. The van der Waals surface area contributed by atoms with Gasteiger partial charge in [-0.05, 0) is 43.2 Å². The topological polar surface area (TPSA) is 12.0 Å². The first-order chi connectivity index (χ1) is 8.15. The summed E-state index contributed by atoms with van der Waals surface area (Å²) in [5, 5.41) is 3.61. The Bertz CT molecular complexity index is 382. The van der Waals surface area contributed by atoms with Crippen molar-refractivity contribution in [1.82, 2.24) is 5.32 Å². The molecule has 0 bridgehead atoms. The summed E-state index contributed by atoms with van der Waals surface area (Å²) >= 11 is 5.57. The Morgan fingerprint density at radius 1 is 1.41 bits per heavy atom. The van der Waals surface area contributed by atoms with E-state index in [1.54, 1.807) is 0 Å². The lowest BCUT2D eigenvalue weighted by molar-refractivity contribution is 0.345. The van der Waals surface area contributed by atoms with E-state index in [1.807, 2.05) is 11.8 Å². The molecule has 2 rings (SSSR count). The summed E-state index contributed by atoms with van der Waals surface area (Å²) < 4.78 is 1.73. The number of nitrogens with one attached hydrogen (secondary N) is 1. The Hall–Kier alpha value is 0.01000. The zero-order valence-corrected chi connectivity index (χ0v) is 13.0. The highest BCUT2D eigenvalue weighted by Crippen LogP contribution is 2.42. The predicted octanol–water partition coefficient (Wildman–Crippen LogP) is 4.13. The smallest absolute Gasteiger partial charge is 0.0281 e. The zero-order valence-electron chi connectivity index (χ0n) is 10.6. The van der Waals surface area contributed by atoms with Crippen LogP contribution in [-0.2, 0) is 6.54 Å². The van der Waals surface area contributed by atoms with Gasteiger partial charge in [-0.1, -0.05) is 34.5 Å². The molecule has 1 aliphatic carbocycles. The third-order valence-electron chi connectivity index (χ3n) is 3.70. The van der Waals surface area contributed by atoms with Gasteiger partial charge in [0.15, 0.2) is 0 Å². The monoisotopic (exact) mass is 313 g/mol. The molecule has 1 nitrogen and oxygen atoms in total. The van der Waals surface area contributed by atoms with Crippen LogP contribution in [0.5, 0.6) is 0 Å². The third kappa shape index (κ3) is 3.27. The van der Waals surface area contributed by atoms with Gasteiger partial charge in [0.25, 0.3) is 0 Å². The Kier molecular flexibility index (Phi) is 4.56. The molecule has 0 saturated heterocycles. The van der Waals surface area contributed by atoms with E-state index >= 15 is 0 Å². The maximum absolute atomic E-state index is 3.61. The molecule has 1 saturated carbocycles. The summed E-state index contributed by atoms with van der Waals surface area (Å²) in [6.07, 6.45) is 6.39. The molecule has 1 aromatic carbocycles. The molecule has 0 amide bonds. The summed E-state index contributed by atoms with van der Waals surface area (Å²) in [4.78, 5) is 0. The number of hydrogen-bond acceptors (Lipinski definition) is 2. The van der Waals surface area contributed by atoms with E-state index in [0.717, 1.165) is 13.1 Å². The minimum Gasteiger partial charge on any atom is -0.311 e. The average Bonchev–Trinajstić information content (AvgIpc) is 2.27. The largest absolute Gasteiger partial charge is 0.311 e. The fourth-order valence-electron chi connectivity index (χ4n) is 2.28. The molecule has 0 radical (unpaired) electrons. The second-order valence-electron chi connectivity index (χ2n) is 4.93. The van der Waals surface area contributed by atoms with Gasteiger partial charge in [0.1, 0.15) is 0 Å². The van der Waals surface area contributed by atoms with E-state index < -0.39 is 0 Å². The van der Waals surface area contributed by atoms with Crippen molar-refractivity contribution in [2.45, 2.75) is 37.5 Å². The third-order valence-corrected chi connectivity index (χ3v) is 6.00. The Balaban J connectivity index is 1.83. The fraction of sp³-hybridized carbons (Fsp3) is 0.571. The first-order valence-electron chi connectivity index (χ1n) is 6.16. The normalized spacial score (nSPS) is 17.8. The minimum absolute atomic E-state index is 0.532. The summed E-state index contributed by atoms with van der Waals surface area (Å²) in [7, 11) is 0. The molecule has 0 aromatic heterocycles. The highest BCUT2D eigenvalue weighted by molar-refractivity contribution is 9.10. The van der Waals surface area contributed by atoms with Crippen LogP contribution in [0.4, 0.5) is 0 Å². The highest BCUT2D eigenvalue weighted by atomic mass is 79.9. The molecule has 1 aliphatic rings. The molecule has 17 heavy (non-hydrogen) atoms. The highest BCUT2D eigenvalue weighted by Gasteiger charge is 2.35. The molecular formula is C14H20BrNS. The van der Waals surface area contributed by atoms with Crippen molar-refractivity contribution in [3.8, 4) is 0 Å². The molecule has 94 valence electrons. The van der Waals surface area contributed by atoms with E-state index in [4.69, 9.17) is 0 Å². The van der Waals surface area contributed by atoms with Crippen LogP contribution in [0.25, 0.3) is 0 Å². The van der Waals surface area contributed by atoms with Gasteiger partial charge in [0.05, 0.1) is 0 Å². The summed E-state index contributed by atoms with van der Waals surface area (Å²) in [5.41, 5.74) is 2.69. The van der Waals surface area contributed by atoms with Gasteiger partial charge < -0.3 is 5.32 Å². The van der Waals surface area contributed by atoms with Crippen molar-refractivity contribution < 1.29 is 0 Å². The molecule has 0 aliphatic heterocycles. The second-order valence-corrected chi connectivity index (χ2v) is 7.06. The number of hydrogen-bond donors (Lipinski definition) is 1. The van der Waals surface area contributed by atoms with Crippen LogP contribution in [0.3, 0.4) is 0 Å². The lowest BCUT2D eigenvalue weighted by Gasteiger charge is -2.40. The van der Waals surface area contributed by atoms with Crippen LogP contribution in [0.2, 0.25) is 0 Å². The maximum atomic E-state index is 3.61. The number of thioether (sulfide) groups is 1. The van der Waals surface area contributed by atoms with Crippen molar-refractivity contribution in [2.75, 3.05) is 12.8 Å². The molecule has 3 heteroatoms. The van der Waals surface area contributed by atoms with Crippen molar-refractivity contribution >= 4 is 27.7 Å². The molecule has 0 unspecified atom stereocenters. The van der Waals surface area contributed by atoms with Crippen LogP contribution < -0.4 is 5.32 Å². The van der Waals surface area contributed by atoms with E-state index in [9.17, 15) is 0 Å². The van der Waals surface area contributed by atoms with E-state index in [-0.39, 0.29) is 0 Å². The zero-order chi connectivity index (χ0) is 12.3. The van der Waals surface area contributed by atoms with Crippen molar-refractivity contribution in [3.05, 3.63) is 33.8 Å². The standard InChI is InChI=1S/C14H20BrNS/c1-11-8-12(4-5-13(11)15)9-16-10-14(17-2)6-3-7-14/h4-5,8,16H,3,6-7,9-10H2,1-2H3. The van der Waals surface area contributed by atoms with Gasteiger partial charge in [-0.3, -0.25) is 0 Å². The second kappa shape index (κ2) is 5.77. The van der Waals surface area contributed by atoms with Gasteiger partial charge in [0, 0.05) is 22.3 Å². The van der Waals surface area contributed by atoms with E-state index in [1.165, 1.54) is 34.9 Å². The Morgan fingerprint density at radius 3 is 2.71 bits per heavy atom. The lowest BCUT2D eigenvalue weighted by Crippen LogP contribution is -2.43. The van der Waals surface area contributed by atoms with E-state index in [2.05, 4.69) is 52.6 Å². The average molecular weight is 314 g/mol. The number of rotatable bonds is 5. The van der Waals surface area contributed by atoms with Crippen LogP contribution in [-0.4, -0.2) is 17.5 Å². The lowest BCUT2D eigenvalue weighted by atomic mass is 9.84. The van der Waals surface area contributed by atoms with Crippen LogP contribution in [0.1, 0.15) is 30.4 Å². The van der Waals surface area contributed by atoms with Crippen LogP contribution >= 0.6 is 27.7 Å². The van der Waals surface area contributed by atoms with E-state index in [0.29, 0.717) is 4.75 Å². The molecule has 1 fully saturated rings. The predicted molar refractivity (Wildman–Crippen MR) is 80.7 cm³/mol. The first kappa shape index (κ1) is 13.4. The van der Waals surface area contributed by atoms with Gasteiger partial charge >= 0.3 is 0 Å². The molecule has 0 heterocycles. The SMILES string of the molecule is CSC1(CNCc2ccc(Br)c(C)c2)CCC1.